The van der Waals surface area contributed by atoms with Crippen LogP contribution in [0.4, 0.5) is 13.2 Å². The number of hydrogen-bond acceptors (Lipinski definition) is 2. The lowest BCUT2D eigenvalue weighted by Gasteiger charge is -2.09. The Kier molecular flexibility index (Phi) is 5.44. The maximum absolute atomic E-state index is 11.7. The molecule has 0 aliphatic rings. The van der Waals surface area contributed by atoms with E-state index in [1.165, 1.54) is 6.92 Å². The van der Waals surface area contributed by atoms with Gasteiger partial charge in [-0.25, -0.2) is 0 Å². The van der Waals surface area contributed by atoms with Crippen molar-refractivity contribution in [2.45, 2.75) is 32.2 Å². The molecule has 78 valence electrons. The molecule has 0 aromatic rings. The van der Waals surface area contributed by atoms with Gasteiger partial charge in [0.2, 0.25) is 0 Å². The zero-order chi connectivity index (χ0) is 10.5. The lowest BCUT2D eigenvalue weighted by Crippen LogP contribution is -2.06. The Labute approximate surface area is 80.1 Å². The van der Waals surface area contributed by atoms with Crippen molar-refractivity contribution in [2.24, 2.45) is 5.92 Å². The molecule has 0 radical (unpaired) electrons. The van der Waals surface area contributed by atoms with Crippen molar-refractivity contribution < 1.29 is 18.0 Å². The zero-order valence-corrected chi connectivity index (χ0v) is 8.47. The van der Waals surface area contributed by atoms with Crippen LogP contribution in [0.5, 0.6) is 0 Å². The van der Waals surface area contributed by atoms with E-state index in [0.717, 1.165) is 0 Å². The second kappa shape index (κ2) is 5.52. The van der Waals surface area contributed by atoms with Gasteiger partial charge in [-0.15, -0.1) is 0 Å². The lowest BCUT2D eigenvalue weighted by atomic mass is 10.0. The summed E-state index contributed by atoms with van der Waals surface area (Å²) in [5.74, 6) is 0.120. The van der Waals surface area contributed by atoms with Crippen molar-refractivity contribution in [3.8, 4) is 0 Å². The summed E-state index contributed by atoms with van der Waals surface area (Å²) in [6.07, 6.45) is 0.808. The summed E-state index contributed by atoms with van der Waals surface area (Å²) in [6.45, 7) is 3.24. The molecule has 1 unspecified atom stereocenters. The Hall–Kier alpha value is -0.190. The van der Waals surface area contributed by atoms with Crippen LogP contribution in [0, 0.1) is 5.92 Å². The molecule has 1 nitrogen and oxygen atoms in total. The van der Waals surface area contributed by atoms with Gasteiger partial charge >= 0.3 is 5.51 Å². The van der Waals surface area contributed by atoms with Crippen LogP contribution >= 0.6 is 11.8 Å². The lowest BCUT2D eigenvalue weighted by molar-refractivity contribution is -0.117. The molecule has 0 bridgehead atoms. The van der Waals surface area contributed by atoms with Crippen LogP contribution in [0.2, 0.25) is 0 Å². The Morgan fingerprint density at radius 2 is 2.00 bits per heavy atom. The van der Waals surface area contributed by atoms with Gasteiger partial charge in [-0.3, -0.25) is 0 Å². The van der Waals surface area contributed by atoms with Gasteiger partial charge in [0.25, 0.3) is 0 Å². The van der Waals surface area contributed by atoms with Crippen molar-refractivity contribution in [3.63, 3.8) is 0 Å². The first-order valence-corrected chi connectivity index (χ1v) is 5.00. The number of ketones is 1. The minimum atomic E-state index is -4.14. The second-order valence-electron chi connectivity index (χ2n) is 3.09. The molecule has 0 heterocycles. The van der Waals surface area contributed by atoms with Crippen molar-refractivity contribution in [2.75, 3.05) is 5.75 Å². The third-order valence-corrected chi connectivity index (χ3v) is 2.28. The number of alkyl halides is 3. The molecule has 5 heteroatoms. The van der Waals surface area contributed by atoms with Gasteiger partial charge in [0.1, 0.15) is 5.78 Å². The molecular weight excluding hydrogens is 201 g/mol. The summed E-state index contributed by atoms with van der Waals surface area (Å²) in [6, 6.07) is 0. The van der Waals surface area contributed by atoms with Crippen molar-refractivity contribution in [1.29, 1.82) is 0 Å². The normalized spacial score (nSPS) is 14.2. The van der Waals surface area contributed by atoms with E-state index in [4.69, 9.17) is 0 Å². The van der Waals surface area contributed by atoms with Gasteiger partial charge in [0.05, 0.1) is 0 Å². The topological polar surface area (TPSA) is 17.1 Å². The third-order valence-electron chi connectivity index (χ3n) is 1.51. The van der Waals surface area contributed by atoms with E-state index in [-0.39, 0.29) is 29.2 Å². The fourth-order valence-electron chi connectivity index (χ4n) is 0.969. The summed E-state index contributed by atoms with van der Waals surface area (Å²) in [4.78, 5) is 10.6. The molecule has 0 fully saturated rings. The Bertz CT molecular complexity index is 167. The standard InChI is InChI=1S/C8H13F3OS/c1-6(5-7(2)12)3-4-13-8(9,10)11/h6H,3-5H2,1-2H3. The van der Waals surface area contributed by atoms with E-state index < -0.39 is 5.51 Å². The maximum atomic E-state index is 11.7. The third kappa shape index (κ3) is 9.73. The van der Waals surface area contributed by atoms with Gasteiger partial charge in [-0.1, -0.05) is 18.7 Å². The Balaban J connectivity index is 3.48. The number of Topliss-reactive ketones (excluding diaryl/α,β-unsaturated/α-hetero) is 1. The predicted molar refractivity (Wildman–Crippen MR) is 47.6 cm³/mol. The molecule has 0 spiro atoms. The monoisotopic (exact) mass is 214 g/mol. The zero-order valence-electron chi connectivity index (χ0n) is 7.65. The first-order chi connectivity index (χ1) is 5.81. The highest BCUT2D eigenvalue weighted by Gasteiger charge is 2.27. The summed E-state index contributed by atoms with van der Waals surface area (Å²) in [7, 11) is 0. The van der Waals surface area contributed by atoms with E-state index in [2.05, 4.69) is 0 Å². The summed E-state index contributed by atoms with van der Waals surface area (Å²) < 4.78 is 35.0. The van der Waals surface area contributed by atoms with E-state index >= 15 is 0 Å². The fraction of sp³-hybridized carbons (Fsp3) is 0.875. The highest BCUT2D eigenvalue weighted by atomic mass is 32.2. The molecule has 0 amide bonds. The van der Waals surface area contributed by atoms with E-state index in [9.17, 15) is 18.0 Å². The number of carbonyl (C=O) groups excluding carboxylic acids is 1. The average molecular weight is 214 g/mol. The molecule has 0 rings (SSSR count). The largest absolute Gasteiger partial charge is 0.441 e. The molecule has 0 saturated heterocycles. The van der Waals surface area contributed by atoms with Crippen LogP contribution in [-0.4, -0.2) is 17.0 Å². The van der Waals surface area contributed by atoms with Crippen molar-refractivity contribution in [1.82, 2.24) is 0 Å². The smallest absolute Gasteiger partial charge is 0.300 e. The maximum Gasteiger partial charge on any atom is 0.441 e. The minimum Gasteiger partial charge on any atom is -0.300 e. The van der Waals surface area contributed by atoms with E-state index in [1.807, 2.05) is 0 Å². The fourth-order valence-corrected chi connectivity index (χ4v) is 1.72. The number of halogens is 3. The van der Waals surface area contributed by atoms with Crippen LogP contribution in [0.3, 0.4) is 0 Å². The molecule has 13 heavy (non-hydrogen) atoms. The van der Waals surface area contributed by atoms with E-state index in [1.54, 1.807) is 6.92 Å². The quantitative estimate of drug-likeness (QED) is 0.698. The molecule has 1 atom stereocenters. The Morgan fingerprint density at radius 1 is 1.46 bits per heavy atom. The van der Waals surface area contributed by atoms with Gasteiger partial charge in [-0.2, -0.15) is 13.2 Å². The molecule has 0 saturated carbocycles. The highest BCUT2D eigenvalue weighted by molar-refractivity contribution is 8.00. The van der Waals surface area contributed by atoms with Crippen molar-refractivity contribution >= 4 is 17.5 Å². The number of thioether (sulfide) groups is 1. The summed E-state index contributed by atoms with van der Waals surface area (Å²) in [5, 5.41) is 0. The first kappa shape index (κ1) is 12.8. The number of hydrogen-bond donors (Lipinski definition) is 0. The summed E-state index contributed by atoms with van der Waals surface area (Å²) in [5.41, 5.74) is -4.14. The highest BCUT2D eigenvalue weighted by Crippen LogP contribution is 2.31. The number of rotatable bonds is 5. The van der Waals surface area contributed by atoms with Gasteiger partial charge < -0.3 is 4.79 Å². The number of carbonyl (C=O) groups is 1. The molecule has 0 N–H and O–H groups in total. The molecular formula is C8H13F3OS. The van der Waals surface area contributed by atoms with Gasteiger partial charge in [0, 0.05) is 12.2 Å². The van der Waals surface area contributed by atoms with Crippen molar-refractivity contribution in [3.05, 3.63) is 0 Å². The van der Waals surface area contributed by atoms with Crippen LogP contribution in [0.25, 0.3) is 0 Å². The predicted octanol–water partition coefficient (Wildman–Crippen LogP) is 3.24. The first-order valence-electron chi connectivity index (χ1n) is 4.01. The molecule has 0 aliphatic heterocycles. The average Bonchev–Trinajstić information content (AvgIpc) is 1.81. The van der Waals surface area contributed by atoms with Gasteiger partial charge in [-0.05, 0) is 19.3 Å². The Morgan fingerprint density at radius 3 is 2.38 bits per heavy atom. The second-order valence-corrected chi connectivity index (χ2v) is 4.25. The molecule has 0 aromatic heterocycles. The molecule has 0 aliphatic carbocycles. The van der Waals surface area contributed by atoms with Crippen LogP contribution < -0.4 is 0 Å². The molecule has 0 aromatic carbocycles. The van der Waals surface area contributed by atoms with Crippen LogP contribution in [0.1, 0.15) is 26.7 Å². The van der Waals surface area contributed by atoms with Gasteiger partial charge in [0.15, 0.2) is 0 Å². The van der Waals surface area contributed by atoms with E-state index in [0.29, 0.717) is 12.8 Å². The van der Waals surface area contributed by atoms with Crippen LogP contribution in [0.15, 0.2) is 0 Å². The summed E-state index contributed by atoms with van der Waals surface area (Å²) >= 11 is -0.0223. The van der Waals surface area contributed by atoms with Crippen LogP contribution in [-0.2, 0) is 4.79 Å². The SMILES string of the molecule is CC(=O)CC(C)CCSC(F)(F)F. The minimum absolute atomic E-state index is 0.0223.